The van der Waals surface area contributed by atoms with E-state index in [1.165, 1.54) is 11.3 Å². The fourth-order valence-electron chi connectivity index (χ4n) is 1.85. The van der Waals surface area contributed by atoms with Crippen LogP contribution in [0.5, 0.6) is 0 Å². The molecule has 0 unspecified atom stereocenters. The van der Waals surface area contributed by atoms with Crippen LogP contribution in [0.2, 0.25) is 0 Å². The van der Waals surface area contributed by atoms with Gasteiger partial charge in [0.1, 0.15) is 11.3 Å². The van der Waals surface area contributed by atoms with E-state index in [4.69, 9.17) is 4.74 Å². The van der Waals surface area contributed by atoms with Gasteiger partial charge in [-0.3, -0.25) is 9.59 Å². The SMILES string of the molecule is O=C1COCc2[nH]c(=O)c3sccc3c21. The smallest absolute Gasteiger partial charge is 0.266 e. The van der Waals surface area contributed by atoms with Crippen molar-refractivity contribution in [1.82, 2.24) is 4.98 Å². The van der Waals surface area contributed by atoms with E-state index >= 15 is 0 Å². The van der Waals surface area contributed by atoms with Gasteiger partial charge in [-0.25, -0.2) is 0 Å². The molecule has 2 aromatic rings. The van der Waals surface area contributed by atoms with E-state index in [1.54, 1.807) is 0 Å². The van der Waals surface area contributed by atoms with Crippen molar-refractivity contribution < 1.29 is 9.53 Å². The normalized spacial score (nSPS) is 15.6. The van der Waals surface area contributed by atoms with Crippen LogP contribution < -0.4 is 5.56 Å². The van der Waals surface area contributed by atoms with Crippen LogP contribution in [0.15, 0.2) is 16.2 Å². The summed E-state index contributed by atoms with van der Waals surface area (Å²) in [6.45, 7) is 0.409. The maximum Gasteiger partial charge on any atom is 0.266 e. The van der Waals surface area contributed by atoms with Crippen molar-refractivity contribution >= 4 is 27.2 Å². The molecule has 0 radical (unpaired) electrons. The topological polar surface area (TPSA) is 59.2 Å². The van der Waals surface area contributed by atoms with Gasteiger partial charge in [-0.1, -0.05) is 0 Å². The molecule has 0 atom stereocenters. The van der Waals surface area contributed by atoms with E-state index < -0.39 is 0 Å². The third-order valence-corrected chi connectivity index (χ3v) is 3.38. The predicted octanol–water partition coefficient (Wildman–Crippen LogP) is 1.30. The Labute approximate surface area is 88.5 Å². The number of ether oxygens (including phenoxy) is 1. The van der Waals surface area contributed by atoms with E-state index in [9.17, 15) is 9.59 Å². The second-order valence-corrected chi connectivity index (χ2v) is 4.30. The Morgan fingerprint density at radius 1 is 1.33 bits per heavy atom. The van der Waals surface area contributed by atoms with Crippen LogP contribution in [-0.2, 0) is 11.3 Å². The first kappa shape index (κ1) is 8.82. The summed E-state index contributed by atoms with van der Waals surface area (Å²) in [5.41, 5.74) is 1.08. The molecule has 0 saturated carbocycles. The fraction of sp³-hybridized carbons (Fsp3) is 0.200. The molecule has 2 aromatic heterocycles. The van der Waals surface area contributed by atoms with Crippen molar-refractivity contribution in [2.24, 2.45) is 0 Å². The van der Waals surface area contributed by atoms with Crippen LogP contribution in [0.1, 0.15) is 16.1 Å². The molecule has 0 amide bonds. The lowest BCUT2D eigenvalue weighted by atomic mass is 10.0. The molecule has 3 rings (SSSR count). The van der Waals surface area contributed by atoms with Gasteiger partial charge in [-0.2, -0.15) is 0 Å². The number of nitrogens with one attached hydrogen (secondary N) is 1. The number of aromatic amines is 1. The minimum Gasteiger partial charge on any atom is -0.367 e. The molecule has 0 saturated heterocycles. The number of hydrogen-bond donors (Lipinski definition) is 1. The molecule has 1 aliphatic heterocycles. The zero-order valence-electron chi connectivity index (χ0n) is 7.70. The van der Waals surface area contributed by atoms with Gasteiger partial charge in [0.05, 0.1) is 17.9 Å². The third kappa shape index (κ3) is 1.17. The lowest BCUT2D eigenvalue weighted by Crippen LogP contribution is -2.23. The standard InChI is InChI=1S/C10H7NO3S/c12-7-4-14-3-6-8(7)5-1-2-15-9(5)10(13)11-6/h1-2H,3-4H2,(H,11,13). The van der Waals surface area contributed by atoms with Gasteiger partial charge in [0, 0.05) is 5.39 Å². The van der Waals surface area contributed by atoms with Gasteiger partial charge in [0.2, 0.25) is 0 Å². The summed E-state index contributed by atoms with van der Waals surface area (Å²) in [4.78, 5) is 26.0. The van der Waals surface area contributed by atoms with Crippen molar-refractivity contribution in [3.63, 3.8) is 0 Å². The van der Waals surface area contributed by atoms with E-state index in [2.05, 4.69) is 4.98 Å². The molecule has 0 bridgehead atoms. The Hall–Kier alpha value is -1.46. The van der Waals surface area contributed by atoms with Crippen molar-refractivity contribution in [3.8, 4) is 0 Å². The second kappa shape index (κ2) is 3.01. The van der Waals surface area contributed by atoms with Gasteiger partial charge >= 0.3 is 0 Å². The number of rotatable bonds is 0. The van der Waals surface area contributed by atoms with Gasteiger partial charge in [-0.15, -0.1) is 11.3 Å². The first-order valence-corrected chi connectivity index (χ1v) is 5.38. The van der Waals surface area contributed by atoms with Gasteiger partial charge in [0.15, 0.2) is 5.78 Å². The highest BCUT2D eigenvalue weighted by Gasteiger charge is 2.22. The number of carbonyl (C=O) groups is 1. The average molecular weight is 221 g/mol. The number of Topliss-reactive ketones (excluding diaryl/α,β-unsaturated/α-hetero) is 1. The van der Waals surface area contributed by atoms with E-state index in [-0.39, 0.29) is 17.9 Å². The summed E-state index contributed by atoms with van der Waals surface area (Å²) in [5.74, 6) is -0.0594. The number of fused-ring (bicyclic) bond motifs is 3. The molecular weight excluding hydrogens is 214 g/mol. The number of thiophene rings is 1. The summed E-state index contributed by atoms with van der Waals surface area (Å²) < 4.78 is 5.69. The Balaban J connectivity index is 2.49. The van der Waals surface area contributed by atoms with Crippen LogP contribution in [-0.4, -0.2) is 17.4 Å². The van der Waals surface area contributed by atoms with Gasteiger partial charge in [-0.05, 0) is 11.4 Å². The quantitative estimate of drug-likeness (QED) is 0.729. The molecule has 0 fully saturated rings. The van der Waals surface area contributed by atoms with Crippen LogP contribution in [0.25, 0.3) is 10.1 Å². The highest BCUT2D eigenvalue weighted by atomic mass is 32.1. The number of ketones is 1. The minimum absolute atomic E-state index is 0.0594. The van der Waals surface area contributed by atoms with Crippen molar-refractivity contribution in [2.75, 3.05) is 6.61 Å². The van der Waals surface area contributed by atoms with Gasteiger partial charge in [0.25, 0.3) is 5.56 Å². The highest BCUT2D eigenvalue weighted by Crippen LogP contribution is 2.25. The second-order valence-electron chi connectivity index (χ2n) is 3.39. The monoisotopic (exact) mass is 221 g/mol. The van der Waals surface area contributed by atoms with Crippen molar-refractivity contribution in [2.45, 2.75) is 6.61 Å². The fourth-order valence-corrected chi connectivity index (χ4v) is 2.64. The highest BCUT2D eigenvalue weighted by molar-refractivity contribution is 7.17. The van der Waals surface area contributed by atoms with E-state index in [0.29, 0.717) is 22.6 Å². The summed E-state index contributed by atoms with van der Waals surface area (Å²) >= 11 is 1.35. The van der Waals surface area contributed by atoms with E-state index in [0.717, 1.165) is 5.39 Å². The maximum absolute atomic E-state index is 11.7. The molecular formula is C10H7NO3S. The molecule has 0 spiro atoms. The number of pyridine rings is 1. The molecule has 1 aliphatic rings. The van der Waals surface area contributed by atoms with Crippen molar-refractivity contribution in [3.05, 3.63) is 33.1 Å². The molecule has 0 aromatic carbocycles. The molecule has 0 aliphatic carbocycles. The molecule has 5 heteroatoms. The van der Waals surface area contributed by atoms with Crippen LogP contribution in [0.4, 0.5) is 0 Å². The Morgan fingerprint density at radius 2 is 2.20 bits per heavy atom. The molecule has 76 valence electrons. The Morgan fingerprint density at radius 3 is 3.07 bits per heavy atom. The maximum atomic E-state index is 11.7. The molecule has 4 nitrogen and oxygen atoms in total. The summed E-state index contributed by atoms with van der Waals surface area (Å²) in [5, 5.41) is 2.58. The van der Waals surface area contributed by atoms with Crippen LogP contribution in [0, 0.1) is 0 Å². The Kier molecular flexibility index (Phi) is 1.77. The molecule has 1 N–H and O–H groups in total. The summed E-state index contributed by atoms with van der Waals surface area (Å²) in [6, 6.07) is 1.82. The molecule has 15 heavy (non-hydrogen) atoms. The van der Waals surface area contributed by atoms with E-state index in [1.807, 2.05) is 11.4 Å². The average Bonchev–Trinajstić information content (AvgIpc) is 2.66. The Bertz CT molecular complexity index is 611. The lowest BCUT2D eigenvalue weighted by Gasteiger charge is -2.15. The van der Waals surface area contributed by atoms with Crippen molar-refractivity contribution in [1.29, 1.82) is 0 Å². The number of hydrogen-bond acceptors (Lipinski definition) is 4. The molecule has 3 heterocycles. The number of carbonyl (C=O) groups excluding carboxylic acids is 1. The van der Waals surface area contributed by atoms with Gasteiger partial charge < -0.3 is 9.72 Å². The number of aromatic nitrogens is 1. The lowest BCUT2D eigenvalue weighted by molar-refractivity contribution is 0.0658. The predicted molar refractivity (Wildman–Crippen MR) is 56.4 cm³/mol. The van der Waals surface area contributed by atoms with Crippen LogP contribution in [0.3, 0.4) is 0 Å². The summed E-state index contributed by atoms with van der Waals surface area (Å²) in [6.07, 6.45) is 0. The first-order valence-electron chi connectivity index (χ1n) is 4.50. The third-order valence-electron chi connectivity index (χ3n) is 2.47. The van der Waals surface area contributed by atoms with Crippen LogP contribution >= 0.6 is 11.3 Å². The number of H-pyrrole nitrogens is 1. The minimum atomic E-state index is -0.142. The zero-order chi connectivity index (χ0) is 10.4. The summed E-state index contributed by atoms with van der Waals surface area (Å²) in [7, 11) is 0. The first-order chi connectivity index (χ1) is 7.27. The largest absolute Gasteiger partial charge is 0.367 e. The zero-order valence-corrected chi connectivity index (χ0v) is 8.52.